The van der Waals surface area contributed by atoms with Gasteiger partial charge in [-0.25, -0.2) is 0 Å². The summed E-state index contributed by atoms with van der Waals surface area (Å²) < 4.78 is 1.67. The van der Waals surface area contributed by atoms with Crippen LogP contribution in [-0.2, 0) is 13.5 Å². The van der Waals surface area contributed by atoms with Gasteiger partial charge in [-0.05, 0) is 45.0 Å². The third-order valence-corrected chi connectivity index (χ3v) is 4.32. The largest absolute Gasteiger partial charge is 0.349 e. The lowest BCUT2D eigenvalue weighted by Gasteiger charge is -2.25. The molecule has 2 rings (SSSR count). The second-order valence-corrected chi connectivity index (χ2v) is 7.34. The number of amides is 1. The van der Waals surface area contributed by atoms with Gasteiger partial charge in [-0.2, -0.15) is 5.10 Å². The van der Waals surface area contributed by atoms with Gasteiger partial charge in [0.2, 0.25) is 0 Å². The van der Waals surface area contributed by atoms with Crippen LogP contribution < -0.4 is 5.32 Å². The lowest BCUT2D eigenvalue weighted by Crippen LogP contribution is -2.35. The summed E-state index contributed by atoms with van der Waals surface area (Å²) in [5.74, 6) is 0.439. The number of rotatable bonds is 7. The topological polar surface area (TPSA) is 50.2 Å². The highest BCUT2D eigenvalue weighted by molar-refractivity contribution is 5.92. The first kappa shape index (κ1) is 19.2. The highest BCUT2D eigenvalue weighted by Gasteiger charge is 2.18. The van der Waals surface area contributed by atoms with Gasteiger partial charge in [0.05, 0.1) is 11.7 Å². The quantitative estimate of drug-likeness (QED) is 0.842. The van der Waals surface area contributed by atoms with Gasteiger partial charge < -0.3 is 10.2 Å². The number of likely N-dealkylation sites (N-methyl/N-ethyl adjacent to an activating group) is 1. The molecule has 25 heavy (non-hydrogen) atoms. The van der Waals surface area contributed by atoms with E-state index in [2.05, 4.69) is 60.4 Å². The van der Waals surface area contributed by atoms with Crippen LogP contribution in [0.3, 0.4) is 0 Å². The van der Waals surface area contributed by atoms with Crippen molar-refractivity contribution < 1.29 is 4.79 Å². The first-order valence-corrected chi connectivity index (χ1v) is 8.82. The molecule has 0 saturated heterocycles. The Morgan fingerprint density at radius 3 is 2.44 bits per heavy atom. The Labute approximate surface area is 151 Å². The van der Waals surface area contributed by atoms with Crippen molar-refractivity contribution in [2.45, 2.75) is 33.2 Å². The standard InChI is InChI=1S/C20H30N4O/c1-14(2)11-17-12-18(24(6)22-17)20(25)21-13-19(23(4)5)16-9-7-15(3)8-10-16/h7-10,12,14,19H,11,13H2,1-6H3,(H,21,25)/t19-/m0/s1. The van der Waals surface area contributed by atoms with Crippen molar-refractivity contribution in [3.63, 3.8) is 0 Å². The molecule has 2 aromatic rings. The molecule has 1 aromatic heterocycles. The van der Waals surface area contributed by atoms with Gasteiger partial charge in [-0.3, -0.25) is 9.48 Å². The highest BCUT2D eigenvalue weighted by atomic mass is 16.2. The maximum Gasteiger partial charge on any atom is 0.269 e. The lowest BCUT2D eigenvalue weighted by molar-refractivity contribution is 0.0932. The van der Waals surface area contributed by atoms with E-state index in [9.17, 15) is 4.79 Å². The van der Waals surface area contributed by atoms with Gasteiger partial charge >= 0.3 is 0 Å². The smallest absolute Gasteiger partial charge is 0.269 e. The molecule has 0 radical (unpaired) electrons. The van der Waals surface area contributed by atoms with Crippen molar-refractivity contribution in [2.75, 3.05) is 20.6 Å². The molecule has 1 atom stereocenters. The molecular formula is C20H30N4O. The number of aryl methyl sites for hydroxylation is 2. The van der Waals surface area contributed by atoms with Crippen LogP contribution >= 0.6 is 0 Å². The van der Waals surface area contributed by atoms with Crippen LogP contribution in [0.1, 0.15) is 47.2 Å². The van der Waals surface area contributed by atoms with Crippen molar-refractivity contribution in [2.24, 2.45) is 13.0 Å². The monoisotopic (exact) mass is 342 g/mol. The summed E-state index contributed by atoms with van der Waals surface area (Å²) >= 11 is 0. The van der Waals surface area contributed by atoms with Gasteiger partial charge in [0.1, 0.15) is 5.69 Å². The van der Waals surface area contributed by atoms with Gasteiger partial charge in [0.25, 0.3) is 5.91 Å². The molecule has 1 N–H and O–H groups in total. The number of aromatic nitrogens is 2. The predicted octanol–water partition coefficient (Wildman–Crippen LogP) is 2.96. The van der Waals surface area contributed by atoms with E-state index in [0.717, 1.165) is 12.1 Å². The average Bonchev–Trinajstić information content (AvgIpc) is 2.88. The number of carbonyl (C=O) groups is 1. The van der Waals surface area contributed by atoms with Gasteiger partial charge in [-0.15, -0.1) is 0 Å². The van der Waals surface area contributed by atoms with Crippen LogP contribution in [0.15, 0.2) is 30.3 Å². The maximum absolute atomic E-state index is 12.6. The molecule has 0 aliphatic heterocycles. The summed E-state index contributed by atoms with van der Waals surface area (Å²) in [7, 11) is 5.88. The van der Waals surface area contributed by atoms with E-state index in [1.807, 2.05) is 27.2 Å². The van der Waals surface area contributed by atoms with E-state index >= 15 is 0 Å². The van der Waals surface area contributed by atoms with Gasteiger partial charge in [-0.1, -0.05) is 43.7 Å². The summed E-state index contributed by atoms with van der Waals surface area (Å²) in [6.45, 7) is 6.93. The molecule has 0 aliphatic rings. The molecule has 0 aliphatic carbocycles. The first-order chi connectivity index (χ1) is 11.8. The normalized spacial score (nSPS) is 12.6. The van der Waals surface area contributed by atoms with Crippen molar-refractivity contribution in [1.82, 2.24) is 20.0 Å². The molecule has 0 saturated carbocycles. The molecule has 5 heteroatoms. The molecule has 1 heterocycles. The van der Waals surface area contributed by atoms with Gasteiger partial charge in [0, 0.05) is 13.6 Å². The minimum atomic E-state index is -0.0797. The zero-order chi connectivity index (χ0) is 18.6. The van der Waals surface area contributed by atoms with E-state index in [1.54, 1.807) is 4.68 Å². The maximum atomic E-state index is 12.6. The third kappa shape index (κ3) is 5.16. The fourth-order valence-corrected chi connectivity index (χ4v) is 2.92. The number of nitrogens with one attached hydrogen (secondary N) is 1. The minimum absolute atomic E-state index is 0.0797. The van der Waals surface area contributed by atoms with Crippen LogP contribution in [0.2, 0.25) is 0 Å². The van der Waals surface area contributed by atoms with Crippen LogP contribution in [0.5, 0.6) is 0 Å². The molecule has 0 bridgehead atoms. The summed E-state index contributed by atoms with van der Waals surface area (Å²) in [5, 5.41) is 7.51. The molecular weight excluding hydrogens is 312 g/mol. The molecule has 5 nitrogen and oxygen atoms in total. The fraction of sp³-hybridized carbons (Fsp3) is 0.500. The zero-order valence-corrected chi connectivity index (χ0v) is 16.2. The Morgan fingerprint density at radius 2 is 1.88 bits per heavy atom. The van der Waals surface area contributed by atoms with Crippen molar-refractivity contribution in [3.8, 4) is 0 Å². The first-order valence-electron chi connectivity index (χ1n) is 8.82. The average molecular weight is 342 g/mol. The Morgan fingerprint density at radius 1 is 1.24 bits per heavy atom. The second kappa shape index (κ2) is 8.30. The van der Waals surface area contributed by atoms with Crippen LogP contribution in [0.25, 0.3) is 0 Å². The molecule has 0 unspecified atom stereocenters. The zero-order valence-electron chi connectivity index (χ0n) is 16.2. The second-order valence-electron chi connectivity index (χ2n) is 7.34. The molecule has 0 spiro atoms. The summed E-state index contributed by atoms with van der Waals surface area (Å²) in [4.78, 5) is 14.7. The third-order valence-electron chi connectivity index (χ3n) is 4.32. The Hall–Kier alpha value is -2.14. The van der Waals surface area contributed by atoms with Crippen molar-refractivity contribution in [1.29, 1.82) is 0 Å². The minimum Gasteiger partial charge on any atom is -0.349 e. The Bertz CT molecular complexity index is 701. The van der Waals surface area contributed by atoms with E-state index in [4.69, 9.17) is 0 Å². The summed E-state index contributed by atoms with van der Waals surface area (Å²) in [5.41, 5.74) is 4.00. The Kier molecular flexibility index (Phi) is 6.37. The highest BCUT2D eigenvalue weighted by Crippen LogP contribution is 2.18. The fourth-order valence-electron chi connectivity index (χ4n) is 2.92. The number of nitrogens with zero attached hydrogens (tertiary/aromatic N) is 3. The Balaban J connectivity index is 2.06. The summed E-state index contributed by atoms with van der Waals surface area (Å²) in [6.07, 6.45) is 0.880. The van der Waals surface area contributed by atoms with E-state index in [1.165, 1.54) is 11.1 Å². The van der Waals surface area contributed by atoms with Crippen LogP contribution in [0.4, 0.5) is 0 Å². The SMILES string of the molecule is Cc1ccc([C@H](CNC(=O)c2cc(CC(C)C)nn2C)N(C)C)cc1. The van der Waals surface area contributed by atoms with E-state index in [0.29, 0.717) is 18.2 Å². The molecule has 1 aromatic carbocycles. The van der Waals surface area contributed by atoms with E-state index in [-0.39, 0.29) is 11.9 Å². The van der Waals surface area contributed by atoms with Crippen molar-refractivity contribution in [3.05, 3.63) is 52.8 Å². The van der Waals surface area contributed by atoms with Gasteiger partial charge in [0.15, 0.2) is 0 Å². The molecule has 0 fully saturated rings. The van der Waals surface area contributed by atoms with Crippen molar-refractivity contribution >= 4 is 5.91 Å². The summed E-state index contributed by atoms with van der Waals surface area (Å²) in [6, 6.07) is 10.5. The number of hydrogen-bond donors (Lipinski definition) is 1. The van der Waals surface area contributed by atoms with E-state index < -0.39 is 0 Å². The lowest BCUT2D eigenvalue weighted by atomic mass is 10.0. The molecule has 1 amide bonds. The molecule has 136 valence electrons. The predicted molar refractivity (Wildman–Crippen MR) is 102 cm³/mol. The van der Waals surface area contributed by atoms with Crippen LogP contribution in [-0.4, -0.2) is 41.2 Å². The number of hydrogen-bond acceptors (Lipinski definition) is 3. The van der Waals surface area contributed by atoms with Crippen LogP contribution in [0, 0.1) is 12.8 Å². The number of carbonyl (C=O) groups excluding carboxylic acids is 1. The number of benzene rings is 1.